The number of fused-ring (bicyclic) bond motifs is 2. The lowest BCUT2D eigenvalue weighted by atomic mass is 9.97. The third-order valence-electron chi connectivity index (χ3n) is 5.11. The first-order valence-electron chi connectivity index (χ1n) is 8.26. The van der Waals surface area contributed by atoms with E-state index in [1.165, 1.54) is 19.3 Å². The molecule has 1 aromatic rings. The predicted octanol–water partition coefficient (Wildman–Crippen LogP) is 2.04. The summed E-state index contributed by atoms with van der Waals surface area (Å²) in [5, 5.41) is 2.74. The highest BCUT2D eigenvalue weighted by Crippen LogP contribution is 2.46. The molecule has 6 heteroatoms. The third-order valence-corrected chi connectivity index (χ3v) is 5.11. The Morgan fingerprint density at radius 2 is 2.17 bits per heavy atom. The second-order valence-electron chi connectivity index (χ2n) is 6.57. The van der Waals surface area contributed by atoms with Crippen molar-refractivity contribution < 1.29 is 19.1 Å². The Hall–Kier alpha value is -1.82. The average molecular weight is 320 g/mol. The van der Waals surface area contributed by atoms with Crippen molar-refractivity contribution in [3.8, 4) is 0 Å². The number of aromatic nitrogens is 1. The highest BCUT2D eigenvalue weighted by Gasteiger charge is 2.42. The van der Waals surface area contributed by atoms with Crippen molar-refractivity contribution in [3.05, 3.63) is 23.0 Å². The van der Waals surface area contributed by atoms with Gasteiger partial charge in [0.05, 0.1) is 12.2 Å². The van der Waals surface area contributed by atoms with E-state index in [0.29, 0.717) is 35.9 Å². The summed E-state index contributed by atoms with van der Waals surface area (Å²) in [6.07, 6.45) is 6.24. The van der Waals surface area contributed by atoms with Gasteiger partial charge in [-0.25, -0.2) is 4.79 Å². The van der Waals surface area contributed by atoms with E-state index in [4.69, 9.17) is 9.47 Å². The molecule has 3 rings (SSSR count). The molecule has 6 nitrogen and oxygen atoms in total. The first-order valence-corrected chi connectivity index (χ1v) is 8.26. The van der Waals surface area contributed by atoms with Gasteiger partial charge in [-0.05, 0) is 50.0 Å². The number of H-pyrrole nitrogens is 1. The number of hydrogen-bond acceptors (Lipinski definition) is 4. The van der Waals surface area contributed by atoms with Crippen LogP contribution in [-0.4, -0.2) is 43.2 Å². The average Bonchev–Trinajstić information content (AvgIpc) is 3.22. The van der Waals surface area contributed by atoms with Crippen molar-refractivity contribution in [2.45, 2.75) is 38.7 Å². The van der Waals surface area contributed by atoms with Crippen molar-refractivity contribution in [3.63, 3.8) is 0 Å². The number of hydrogen-bond donors (Lipinski definition) is 2. The van der Waals surface area contributed by atoms with Gasteiger partial charge in [0.25, 0.3) is 5.91 Å². The Kier molecular flexibility index (Phi) is 4.71. The van der Waals surface area contributed by atoms with E-state index >= 15 is 0 Å². The molecule has 2 N–H and O–H groups in total. The maximum absolute atomic E-state index is 12.4. The molecule has 2 fully saturated rings. The molecule has 2 aliphatic carbocycles. The minimum Gasteiger partial charge on any atom is -0.458 e. The van der Waals surface area contributed by atoms with E-state index in [1.54, 1.807) is 20.2 Å². The smallest absolute Gasteiger partial charge is 0.340 e. The lowest BCUT2D eigenvalue weighted by Gasteiger charge is -2.21. The summed E-state index contributed by atoms with van der Waals surface area (Å²) in [7, 11) is 1.58. The molecule has 2 aliphatic rings. The third kappa shape index (κ3) is 3.27. The molecular formula is C17H24N2O4. The maximum Gasteiger partial charge on any atom is 0.340 e. The van der Waals surface area contributed by atoms with E-state index in [1.807, 2.05) is 0 Å². The van der Waals surface area contributed by atoms with E-state index in [0.717, 1.165) is 12.3 Å². The Labute approximate surface area is 135 Å². The van der Waals surface area contributed by atoms with Crippen LogP contribution >= 0.6 is 0 Å². The summed E-state index contributed by atoms with van der Waals surface area (Å²) in [5.74, 6) is 0.693. The number of ether oxygens (including phenoxy) is 2. The molecule has 3 unspecified atom stereocenters. The van der Waals surface area contributed by atoms with Gasteiger partial charge < -0.3 is 19.8 Å². The van der Waals surface area contributed by atoms with E-state index in [2.05, 4.69) is 10.3 Å². The lowest BCUT2D eigenvalue weighted by molar-refractivity contribution is 0.0158. The fraction of sp³-hybridized carbons (Fsp3) is 0.647. The van der Waals surface area contributed by atoms with Crippen LogP contribution in [0.15, 0.2) is 6.20 Å². The zero-order chi connectivity index (χ0) is 16.4. The molecule has 2 saturated carbocycles. The number of amides is 1. The minimum atomic E-state index is -0.327. The largest absolute Gasteiger partial charge is 0.458 e. The van der Waals surface area contributed by atoms with Gasteiger partial charge in [-0.15, -0.1) is 0 Å². The standard InChI is InChI=1S/C17H24N2O4/c1-10-13(9-19-15(10)16(20)18-5-6-22-2)17(21)23-14-8-11-3-4-12(14)7-11/h9,11-12,14,19H,3-8H2,1-2H3,(H,18,20). The molecule has 0 aromatic carbocycles. The van der Waals surface area contributed by atoms with Gasteiger partial charge in [-0.1, -0.05) is 0 Å². The van der Waals surface area contributed by atoms with Gasteiger partial charge in [0, 0.05) is 19.9 Å². The van der Waals surface area contributed by atoms with Crippen LogP contribution in [0.3, 0.4) is 0 Å². The van der Waals surface area contributed by atoms with Gasteiger partial charge >= 0.3 is 5.97 Å². The Morgan fingerprint density at radius 3 is 2.83 bits per heavy atom. The Bertz CT molecular complexity index is 595. The van der Waals surface area contributed by atoms with Crippen molar-refractivity contribution in [2.24, 2.45) is 11.8 Å². The molecule has 1 amide bonds. The highest BCUT2D eigenvalue weighted by atomic mass is 16.5. The second kappa shape index (κ2) is 6.74. The number of esters is 1. The van der Waals surface area contributed by atoms with Crippen molar-refractivity contribution in [1.82, 2.24) is 10.3 Å². The summed E-state index contributed by atoms with van der Waals surface area (Å²) < 4.78 is 10.6. The normalized spacial score (nSPS) is 25.6. The topological polar surface area (TPSA) is 80.4 Å². The van der Waals surface area contributed by atoms with Crippen LogP contribution in [0.1, 0.15) is 52.1 Å². The van der Waals surface area contributed by atoms with Gasteiger partial charge in [0.15, 0.2) is 0 Å². The van der Waals surface area contributed by atoms with Crippen LogP contribution in [0.25, 0.3) is 0 Å². The van der Waals surface area contributed by atoms with Crippen LogP contribution in [0.5, 0.6) is 0 Å². The van der Waals surface area contributed by atoms with Gasteiger partial charge in [0.2, 0.25) is 0 Å². The van der Waals surface area contributed by atoms with E-state index in [9.17, 15) is 9.59 Å². The first kappa shape index (κ1) is 16.1. The molecule has 1 aromatic heterocycles. The number of carbonyl (C=O) groups is 2. The van der Waals surface area contributed by atoms with Crippen LogP contribution < -0.4 is 5.32 Å². The molecule has 0 radical (unpaired) electrons. The second-order valence-corrected chi connectivity index (χ2v) is 6.57. The van der Waals surface area contributed by atoms with Crippen molar-refractivity contribution in [1.29, 1.82) is 0 Å². The lowest BCUT2D eigenvalue weighted by Crippen LogP contribution is -2.28. The van der Waals surface area contributed by atoms with Crippen molar-refractivity contribution in [2.75, 3.05) is 20.3 Å². The van der Waals surface area contributed by atoms with Crippen LogP contribution in [0.2, 0.25) is 0 Å². The summed E-state index contributed by atoms with van der Waals surface area (Å²) >= 11 is 0. The highest BCUT2D eigenvalue weighted by molar-refractivity contribution is 5.99. The number of methoxy groups -OCH3 is 1. The zero-order valence-corrected chi connectivity index (χ0v) is 13.7. The van der Waals surface area contributed by atoms with Crippen LogP contribution in [-0.2, 0) is 9.47 Å². The number of carbonyl (C=O) groups excluding carboxylic acids is 2. The SMILES string of the molecule is COCCNC(=O)c1[nH]cc(C(=O)OC2CC3CCC2C3)c1C. The predicted molar refractivity (Wildman–Crippen MR) is 84.4 cm³/mol. The molecule has 2 bridgehead atoms. The molecule has 1 heterocycles. The van der Waals surface area contributed by atoms with E-state index in [-0.39, 0.29) is 18.0 Å². The zero-order valence-electron chi connectivity index (χ0n) is 13.7. The summed E-state index contributed by atoms with van der Waals surface area (Å²) in [6.45, 7) is 2.64. The monoisotopic (exact) mass is 320 g/mol. The number of rotatable bonds is 6. The summed E-state index contributed by atoms with van der Waals surface area (Å²) in [5.41, 5.74) is 1.48. The van der Waals surface area contributed by atoms with Crippen LogP contribution in [0.4, 0.5) is 0 Å². The van der Waals surface area contributed by atoms with Gasteiger partial charge in [0.1, 0.15) is 11.8 Å². The van der Waals surface area contributed by atoms with Crippen molar-refractivity contribution >= 4 is 11.9 Å². The molecule has 3 atom stereocenters. The fourth-order valence-electron chi connectivity index (χ4n) is 3.83. The molecule has 126 valence electrons. The van der Waals surface area contributed by atoms with Gasteiger partial charge in [-0.3, -0.25) is 4.79 Å². The quantitative estimate of drug-likeness (QED) is 0.621. The number of nitrogens with one attached hydrogen (secondary N) is 2. The summed E-state index contributed by atoms with van der Waals surface area (Å²) in [4.78, 5) is 27.4. The molecule has 0 spiro atoms. The molecular weight excluding hydrogens is 296 g/mol. The first-order chi connectivity index (χ1) is 11.1. The van der Waals surface area contributed by atoms with Crippen LogP contribution in [0, 0.1) is 18.8 Å². The fourth-order valence-corrected chi connectivity index (χ4v) is 3.83. The summed E-state index contributed by atoms with van der Waals surface area (Å²) in [6, 6.07) is 0. The number of aromatic amines is 1. The molecule has 0 saturated heterocycles. The molecule has 23 heavy (non-hydrogen) atoms. The van der Waals surface area contributed by atoms with E-state index < -0.39 is 0 Å². The molecule has 0 aliphatic heterocycles. The van der Waals surface area contributed by atoms with Gasteiger partial charge in [-0.2, -0.15) is 0 Å². The maximum atomic E-state index is 12.4. The Morgan fingerprint density at radius 1 is 1.35 bits per heavy atom. The Balaban J connectivity index is 1.61. The minimum absolute atomic E-state index is 0.0505.